The molecule has 0 amide bonds. The fourth-order valence-corrected chi connectivity index (χ4v) is 2.62. The summed E-state index contributed by atoms with van der Waals surface area (Å²) >= 11 is 0. The minimum Gasteiger partial charge on any atom is -0.394 e. The summed E-state index contributed by atoms with van der Waals surface area (Å²) in [5.41, 5.74) is 5.78. The van der Waals surface area contributed by atoms with Crippen molar-refractivity contribution in [3.63, 3.8) is 0 Å². The first-order valence-corrected chi connectivity index (χ1v) is 9.21. The molecule has 0 fully saturated rings. The maximum atomic E-state index is 10.3. The molecule has 4 N–H and O–H groups in total. The van der Waals surface area contributed by atoms with Crippen molar-refractivity contribution in [1.82, 2.24) is 0 Å². The lowest BCUT2D eigenvalue weighted by Crippen LogP contribution is -2.44. The van der Waals surface area contributed by atoms with Crippen molar-refractivity contribution in [2.75, 3.05) is 18.2 Å². The van der Waals surface area contributed by atoms with Crippen molar-refractivity contribution in [2.24, 2.45) is 10.3 Å². The highest BCUT2D eigenvalue weighted by Crippen LogP contribution is 2.23. The van der Waals surface area contributed by atoms with Crippen molar-refractivity contribution < 1.29 is 20.4 Å². The van der Waals surface area contributed by atoms with Gasteiger partial charge in [-0.05, 0) is 74.2 Å². The first-order valence-electron chi connectivity index (χ1n) is 9.21. The number of nitrogens with zero attached hydrogens (tertiary/aromatic N) is 3. The Morgan fingerprint density at radius 2 is 1.43 bits per heavy atom. The van der Waals surface area contributed by atoms with Crippen LogP contribution in [-0.4, -0.2) is 51.9 Å². The Morgan fingerprint density at radius 3 is 2.00 bits per heavy atom. The van der Waals surface area contributed by atoms with Crippen LogP contribution in [-0.2, 0) is 0 Å². The van der Waals surface area contributed by atoms with Gasteiger partial charge in [-0.1, -0.05) is 17.4 Å². The van der Waals surface area contributed by atoms with E-state index in [0.717, 1.165) is 22.3 Å². The van der Waals surface area contributed by atoms with Crippen molar-refractivity contribution >= 4 is 11.4 Å². The van der Waals surface area contributed by atoms with Crippen LogP contribution in [0, 0.1) is 27.7 Å². The van der Waals surface area contributed by atoms with Gasteiger partial charge >= 0.3 is 0 Å². The molecule has 2 aromatic carbocycles. The molecule has 0 saturated heterocycles. The van der Waals surface area contributed by atoms with Crippen molar-refractivity contribution in [1.29, 1.82) is 0 Å². The van der Waals surface area contributed by atoms with Gasteiger partial charge in [-0.25, -0.2) is 5.01 Å². The molecular weight excluding hydrogens is 358 g/mol. The highest BCUT2D eigenvalue weighted by Gasteiger charge is 2.26. The van der Waals surface area contributed by atoms with E-state index < -0.39 is 24.9 Å². The molecule has 7 heteroatoms. The number of hydrogen-bond donors (Lipinski definition) is 4. The number of aliphatic hydroxyl groups is 4. The highest BCUT2D eigenvalue weighted by atomic mass is 16.4. The second-order valence-electron chi connectivity index (χ2n) is 7.12. The molecule has 152 valence electrons. The van der Waals surface area contributed by atoms with Gasteiger partial charge in [0.05, 0.1) is 24.5 Å². The molecular formula is C21H29N3O4. The van der Waals surface area contributed by atoms with Gasteiger partial charge in [0.25, 0.3) is 0 Å². The smallest absolute Gasteiger partial charge is 0.110 e. The van der Waals surface area contributed by atoms with Crippen LogP contribution in [0.15, 0.2) is 46.7 Å². The largest absolute Gasteiger partial charge is 0.394 e. The molecule has 0 aliphatic carbocycles. The van der Waals surface area contributed by atoms with Crippen LogP contribution in [0.3, 0.4) is 0 Å². The summed E-state index contributed by atoms with van der Waals surface area (Å²) in [5, 5.41) is 48.8. The quantitative estimate of drug-likeness (QED) is 0.411. The summed E-state index contributed by atoms with van der Waals surface area (Å²) < 4.78 is 0. The SMILES string of the molecule is Cc1ccc(N=NN(CC(O)C(O)C(O)CO)c2ccc(C)c(C)c2)cc1C. The van der Waals surface area contributed by atoms with Gasteiger partial charge in [0.2, 0.25) is 0 Å². The Kier molecular flexibility index (Phi) is 7.65. The van der Waals surface area contributed by atoms with Crippen LogP contribution in [0.1, 0.15) is 22.3 Å². The number of anilines is 1. The van der Waals surface area contributed by atoms with E-state index in [1.54, 1.807) is 0 Å². The Bertz CT molecular complexity index is 825. The number of aliphatic hydroxyl groups excluding tert-OH is 4. The van der Waals surface area contributed by atoms with Gasteiger partial charge in [-0.15, -0.1) is 5.11 Å². The summed E-state index contributed by atoms with van der Waals surface area (Å²) in [6, 6.07) is 11.4. The third-order valence-corrected chi connectivity index (χ3v) is 4.88. The van der Waals surface area contributed by atoms with Crippen molar-refractivity contribution in [2.45, 2.75) is 46.0 Å². The van der Waals surface area contributed by atoms with Crippen molar-refractivity contribution in [3.8, 4) is 0 Å². The maximum absolute atomic E-state index is 10.3. The van der Waals surface area contributed by atoms with E-state index in [1.165, 1.54) is 5.01 Å². The molecule has 0 spiro atoms. The van der Waals surface area contributed by atoms with Crippen LogP contribution in [0.25, 0.3) is 0 Å². The van der Waals surface area contributed by atoms with E-state index in [9.17, 15) is 15.3 Å². The molecule has 28 heavy (non-hydrogen) atoms. The summed E-state index contributed by atoms with van der Waals surface area (Å²) in [6.07, 6.45) is -4.27. The van der Waals surface area contributed by atoms with Crippen LogP contribution < -0.4 is 5.01 Å². The molecule has 0 aliphatic rings. The van der Waals surface area contributed by atoms with Gasteiger partial charge in [0, 0.05) is 0 Å². The molecule has 2 aromatic rings. The van der Waals surface area contributed by atoms with Gasteiger partial charge < -0.3 is 20.4 Å². The molecule has 3 unspecified atom stereocenters. The van der Waals surface area contributed by atoms with Gasteiger partial charge in [0.1, 0.15) is 18.3 Å². The monoisotopic (exact) mass is 387 g/mol. The van der Waals surface area contributed by atoms with E-state index in [0.29, 0.717) is 11.4 Å². The second-order valence-corrected chi connectivity index (χ2v) is 7.12. The molecule has 0 aliphatic heterocycles. The predicted molar refractivity (Wildman–Crippen MR) is 109 cm³/mol. The molecule has 0 heterocycles. The molecule has 0 bridgehead atoms. The summed E-state index contributed by atoms with van der Waals surface area (Å²) in [6.45, 7) is 7.23. The Hall–Kier alpha value is -2.32. The third kappa shape index (κ3) is 5.59. The lowest BCUT2D eigenvalue weighted by atomic mass is 10.1. The van der Waals surface area contributed by atoms with Crippen LogP contribution in [0.5, 0.6) is 0 Å². The van der Waals surface area contributed by atoms with E-state index in [4.69, 9.17) is 5.11 Å². The fourth-order valence-electron chi connectivity index (χ4n) is 2.62. The van der Waals surface area contributed by atoms with E-state index in [1.807, 2.05) is 64.1 Å². The Labute approximate surface area is 165 Å². The summed E-state index contributed by atoms with van der Waals surface area (Å²) in [5.74, 6) is 0. The minimum absolute atomic E-state index is 0.102. The van der Waals surface area contributed by atoms with Gasteiger partial charge in [0.15, 0.2) is 0 Å². The zero-order valence-corrected chi connectivity index (χ0v) is 16.7. The van der Waals surface area contributed by atoms with Crippen LogP contribution in [0.2, 0.25) is 0 Å². The van der Waals surface area contributed by atoms with Gasteiger partial charge in [-0.3, -0.25) is 0 Å². The molecule has 0 saturated carbocycles. The number of rotatable bonds is 8. The first-order chi connectivity index (χ1) is 13.2. The first kappa shape index (κ1) is 22.0. The minimum atomic E-state index is -1.50. The molecule has 2 rings (SSSR count). The number of hydrogen-bond acceptors (Lipinski definition) is 6. The predicted octanol–water partition coefficient (Wildman–Crippen LogP) is 2.50. The van der Waals surface area contributed by atoms with Crippen LogP contribution >= 0.6 is 0 Å². The molecule has 3 atom stereocenters. The normalized spacial score (nSPS) is 14.9. The molecule has 7 nitrogen and oxygen atoms in total. The zero-order chi connectivity index (χ0) is 20.8. The zero-order valence-electron chi connectivity index (χ0n) is 16.7. The standard InChI is InChI=1S/C21H29N3O4/c1-13-5-7-17(9-15(13)3)22-23-24(11-19(26)21(28)20(27)12-25)18-8-6-14(2)16(4)10-18/h5-10,19-21,25-28H,11-12H2,1-4H3. The van der Waals surface area contributed by atoms with Gasteiger partial charge in [-0.2, -0.15) is 0 Å². The maximum Gasteiger partial charge on any atom is 0.110 e. The second kappa shape index (κ2) is 9.75. The summed E-state index contributed by atoms with van der Waals surface area (Å²) in [7, 11) is 0. The van der Waals surface area contributed by atoms with Crippen molar-refractivity contribution in [3.05, 3.63) is 58.7 Å². The molecule has 0 aromatic heterocycles. The lowest BCUT2D eigenvalue weighted by molar-refractivity contribution is -0.0732. The number of benzene rings is 2. The van der Waals surface area contributed by atoms with E-state index in [-0.39, 0.29) is 6.54 Å². The van der Waals surface area contributed by atoms with E-state index >= 15 is 0 Å². The average molecular weight is 387 g/mol. The number of aryl methyl sites for hydroxylation is 4. The topological polar surface area (TPSA) is 109 Å². The molecule has 0 radical (unpaired) electrons. The third-order valence-electron chi connectivity index (χ3n) is 4.88. The Morgan fingerprint density at radius 1 is 0.821 bits per heavy atom. The Balaban J connectivity index is 2.30. The van der Waals surface area contributed by atoms with Crippen LogP contribution in [0.4, 0.5) is 11.4 Å². The summed E-state index contributed by atoms with van der Waals surface area (Å²) in [4.78, 5) is 0. The fraction of sp³-hybridized carbons (Fsp3) is 0.429. The highest BCUT2D eigenvalue weighted by molar-refractivity contribution is 5.50. The van der Waals surface area contributed by atoms with E-state index in [2.05, 4.69) is 10.3 Å². The average Bonchev–Trinajstić information content (AvgIpc) is 2.68. The lowest BCUT2D eigenvalue weighted by Gasteiger charge is -2.26.